The fraction of sp³-hybridized carbons (Fsp3) is 0. The van der Waals surface area contributed by atoms with Crippen LogP contribution in [0.3, 0.4) is 0 Å². The van der Waals surface area contributed by atoms with E-state index in [1.807, 2.05) is 41.3 Å². The second-order valence-corrected chi connectivity index (χ2v) is 10.00. The molecule has 0 spiro atoms. The highest BCUT2D eigenvalue weighted by atomic mass is 32.1. The SMILES string of the molecule is c1ccc2c(c1)sc1ccc3c4ccc5c(c6cnccc6c6nccn56)c4sc3c12. The minimum Gasteiger partial charge on any atom is -0.299 e. The van der Waals surface area contributed by atoms with Gasteiger partial charge in [-0.25, -0.2) is 4.98 Å². The normalized spacial score (nSPS) is 12.5. The first-order chi connectivity index (χ1) is 15.4. The lowest BCUT2D eigenvalue weighted by Gasteiger charge is -2.08. The minimum absolute atomic E-state index is 0.983. The van der Waals surface area contributed by atoms with Crippen molar-refractivity contribution in [3.8, 4) is 0 Å². The first kappa shape index (κ1) is 16.2. The highest BCUT2D eigenvalue weighted by molar-refractivity contribution is 7.30. The molecule has 0 unspecified atom stereocenters. The van der Waals surface area contributed by atoms with Gasteiger partial charge in [0.2, 0.25) is 0 Å². The van der Waals surface area contributed by atoms with Gasteiger partial charge in [-0.05, 0) is 24.3 Å². The van der Waals surface area contributed by atoms with Crippen LogP contribution >= 0.6 is 22.7 Å². The molecule has 8 rings (SSSR count). The van der Waals surface area contributed by atoms with E-state index in [-0.39, 0.29) is 0 Å². The number of nitrogens with zero attached hydrogens (tertiary/aromatic N) is 3. The Bertz CT molecular complexity index is 2010. The van der Waals surface area contributed by atoms with E-state index in [4.69, 9.17) is 0 Å². The molecule has 31 heavy (non-hydrogen) atoms. The molecule has 5 heteroatoms. The van der Waals surface area contributed by atoms with Crippen LogP contribution in [0.15, 0.2) is 79.4 Å². The van der Waals surface area contributed by atoms with Gasteiger partial charge in [0.05, 0.1) is 5.52 Å². The second-order valence-electron chi connectivity index (χ2n) is 7.89. The number of fused-ring (bicyclic) bond motifs is 14. The van der Waals surface area contributed by atoms with Crippen LogP contribution in [0.4, 0.5) is 0 Å². The number of rotatable bonds is 0. The van der Waals surface area contributed by atoms with E-state index in [0.717, 1.165) is 11.0 Å². The van der Waals surface area contributed by atoms with E-state index in [1.165, 1.54) is 56.6 Å². The molecule has 8 aromatic rings. The predicted molar refractivity (Wildman–Crippen MR) is 134 cm³/mol. The van der Waals surface area contributed by atoms with Crippen LogP contribution in [0.25, 0.3) is 67.7 Å². The maximum Gasteiger partial charge on any atom is 0.145 e. The smallest absolute Gasteiger partial charge is 0.145 e. The third kappa shape index (κ3) is 1.93. The van der Waals surface area contributed by atoms with Crippen molar-refractivity contribution in [2.45, 2.75) is 0 Å². The third-order valence-corrected chi connectivity index (χ3v) is 8.75. The molecule has 0 bridgehead atoms. The lowest BCUT2D eigenvalue weighted by molar-refractivity contribution is 1.27. The molecule has 3 aromatic carbocycles. The molecule has 0 aliphatic heterocycles. The van der Waals surface area contributed by atoms with Crippen LogP contribution in [-0.4, -0.2) is 14.4 Å². The van der Waals surface area contributed by atoms with Gasteiger partial charge >= 0.3 is 0 Å². The van der Waals surface area contributed by atoms with Crippen molar-refractivity contribution < 1.29 is 0 Å². The Morgan fingerprint density at radius 1 is 0.645 bits per heavy atom. The van der Waals surface area contributed by atoms with Crippen molar-refractivity contribution in [3.63, 3.8) is 0 Å². The van der Waals surface area contributed by atoms with Crippen molar-refractivity contribution in [3.05, 3.63) is 79.4 Å². The Balaban J connectivity index is 1.69. The number of hydrogen-bond acceptors (Lipinski definition) is 4. The fourth-order valence-corrected chi connectivity index (χ4v) is 7.64. The van der Waals surface area contributed by atoms with Crippen LogP contribution < -0.4 is 0 Å². The van der Waals surface area contributed by atoms with E-state index in [0.29, 0.717) is 0 Å². The number of benzene rings is 3. The second kappa shape index (κ2) is 5.58. The average molecular weight is 432 g/mol. The lowest BCUT2D eigenvalue weighted by Crippen LogP contribution is -1.91. The van der Waals surface area contributed by atoms with Gasteiger partial charge in [0.15, 0.2) is 0 Å². The van der Waals surface area contributed by atoms with E-state index >= 15 is 0 Å². The van der Waals surface area contributed by atoms with Crippen LogP contribution in [0, 0.1) is 0 Å². The molecule has 0 radical (unpaired) electrons. The zero-order valence-corrected chi connectivity index (χ0v) is 17.8. The first-order valence-electron chi connectivity index (χ1n) is 10.2. The van der Waals surface area contributed by atoms with Gasteiger partial charge in [0.1, 0.15) is 5.65 Å². The molecular formula is C26H13N3S2. The molecule has 0 N–H and O–H groups in total. The number of imidazole rings is 1. The van der Waals surface area contributed by atoms with Crippen molar-refractivity contribution in [2.24, 2.45) is 0 Å². The third-order valence-electron chi connectivity index (χ3n) is 6.36. The lowest BCUT2D eigenvalue weighted by atomic mass is 10.0. The Morgan fingerprint density at radius 2 is 1.52 bits per heavy atom. The summed E-state index contributed by atoms with van der Waals surface area (Å²) in [4.78, 5) is 9.09. The van der Waals surface area contributed by atoms with Gasteiger partial charge in [-0.2, -0.15) is 0 Å². The number of hydrogen-bond donors (Lipinski definition) is 0. The number of pyridine rings is 2. The standard InChI is InChI=1S/C26H13N3S2/c1-2-4-20-17(3-1)23-21(30-20)8-6-15-14-5-7-19-22(24(14)31-25(15)23)18-13-27-10-9-16(18)26-28-11-12-29(19)26/h1-13H. The van der Waals surface area contributed by atoms with Crippen LogP contribution in [-0.2, 0) is 0 Å². The Kier molecular flexibility index (Phi) is 2.91. The number of aromatic nitrogens is 3. The molecule has 5 heterocycles. The molecule has 0 amide bonds. The maximum absolute atomic E-state index is 4.63. The molecule has 0 saturated heterocycles. The molecule has 3 nitrogen and oxygen atoms in total. The van der Waals surface area contributed by atoms with Crippen LogP contribution in [0.5, 0.6) is 0 Å². The molecule has 5 aromatic heterocycles. The Labute approximate surface area is 183 Å². The molecular weight excluding hydrogens is 418 g/mol. The highest BCUT2D eigenvalue weighted by Gasteiger charge is 2.17. The first-order valence-corrected chi connectivity index (χ1v) is 11.8. The zero-order chi connectivity index (χ0) is 20.1. The van der Waals surface area contributed by atoms with Crippen LogP contribution in [0.1, 0.15) is 0 Å². The molecule has 0 atom stereocenters. The molecule has 0 aliphatic rings. The summed E-state index contributed by atoms with van der Waals surface area (Å²) >= 11 is 3.79. The van der Waals surface area contributed by atoms with Gasteiger partial charge in [0, 0.05) is 81.3 Å². The summed E-state index contributed by atoms with van der Waals surface area (Å²) in [5.41, 5.74) is 2.16. The van der Waals surface area contributed by atoms with Gasteiger partial charge in [-0.15, -0.1) is 22.7 Å². The van der Waals surface area contributed by atoms with Crippen molar-refractivity contribution in [1.82, 2.24) is 14.4 Å². The summed E-state index contributed by atoms with van der Waals surface area (Å²) < 4.78 is 7.61. The summed E-state index contributed by atoms with van der Waals surface area (Å²) in [6.45, 7) is 0. The summed E-state index contributed by atoms with van der Waals surface area (Å²) in [5, 5.41) is 8.96. The fourth-order valence-electron chi connectivity index (χ4n) is 5.04. The minimum atomic E-state index is 0.983. The summed E-state index contributed by atoms with van der Waals surface area (Å²) in [5.74, 6) is 0. The van der Waals surface area contributed by atoms with Crippen LogP contribution in [0.2, 0.25) is 0 Å². The largest absolute Gasteiger partial charge is 0.299 e. The Morgan fingerprint density at radius 3 is 2.48 bits per heavy atom. The maximum atomic E-state index is 4.63. The molecule has 0 saturated carbocycles. The Hall–Kier alpha value is -3.54. The van der Waals surface area contributed by atoms with E-state index in [2.05, 4.69) is 75.2 Å². The monoisotopic (exact) mass is 431 g/mol. The number of thiophene rings is 2. The summed E-state index contributed by atoms with van der Waals surface area (Å²) in [6.07, 6.45) is 7.78. The average Bonchev–Trinajstić information content (AvgIpc) is 3.53. The van der Waals surface area contributed by atoms with Gasteiger partial charge in [-0.3, -0.25) is 9.38 Å². The zero-order valence-electron chi connectivity index (χ0n) is 16.2. The van der Waals surface area contributed by atoms with Crippen molar-refractivity contribution in [2.75, 3.05) is 0 Å². The highest BCUT2D eigenvalue weighted by Crippen LogP contribution is 2.47. The van der Waals surface area contributed by atoms with Gasteiger partial charge in [0.25, 0.3) is 0 Å². The molecule has 0 fully saturated rings. The van der Waals surface area contributed by atoms with Crippen molar-refractivity contribution in [1.29, 1.82) is 0 Å². The van der Waals surface area contributed by atoms with Crippen molar-refractivity contribution >= 4 is 90.3 Å². The van der Waals surface area contributed by atoms with Gasteiger partial charge in [-0.1, -0.05) is 30.3 Å². The van der Waals surface area contributed by atoms with E-state index in [1.54, 1.807) is 0 Å². The summed E-state index contributed by atoms with van der Waals surface area (Å²) in [6, 6.07) is 19.9. The molecule has 0 aliphatic carbocycles. The van der Waals surface area contributed by atoms with E-state index in [9.17, 15) is 0 Å². The predicted octanol–water partition coefficient (Wildman–Crippen LogP) is 7.77. The van der Waals surface area contributed by atoms with Gasteiger partial charge < -0.3 is 0 Å². The topological polar surface area (TPSA) is 30.2 Å². The molecule has 144 valence electrons. The quantitative estimate of drug-likeness (QED) is 0.230. The summed E-state index contributed by atoms with van der Waals surface area (Å²) in [7, 11) is 0. The van der Waals surface area contributed by atoms with E-state index < -0.39 is 0 Å².